The normalized spacial score (nSPS) is 11.7. The van der Waals surface area contributed by atoms with Gasteiger partial charge in [0.05, 0.1) is 5.69 Å². The summed E-state index contributed by atoms with van der Waals surface area (Å²) < 4.78 is 12.7. The van der Waals surface area contributed by atoms with Gasteiger partial charge in [0.15, 0.2) is 0 Å². The SMILES string of the molecule is c1cc(-c2ccc(N(c3ccc4oc5ccccc5c4c3)c3ccccc3-c3ccc4oc5cc6ccccc6cc5c4c3)cc2)cc(-c2ccc3ccccc3c2)c1. The Morgan fingerprint density at radius 2 is 0.831 bits per heavy atom. The molecule has 0 unspecified atom stereocenters. The zero-order valence-corrected chi connectivity index (χ0v) is 32.0. The van der Waals surface area contributed by atoms with Gasteiger partial charge in [-0.15, -0.1) is 0 Å². The maximum absolute atomic E-state index is 6.41. The average Bonchev–Trinajstić information content (AvgIpc) is 3.85. The van der Waals surface area contributed by atoms with Gasteiger partial charge in [-0.05, 0) is 128 Å². The number of rotatable bonds is 6. The van der Waals surface area contributed by atoms with Gasteiger partial charge in [0, 0.05) is 38.5 Å². The lowest BCUT2D eigenvalue weighted by atomic mass is 9.97. The highest BCUT2D eigenvalue weighted by Crippen LogP contribution is 2.44. The predicted molar refractivity (Wildman–Crippen MR) is 247 cm³/mol. The molecular formula is C56H35NO2. The van der Waals surface area contributed by atoms with Crippen molar-refractivity contribution in [3.8, 4) is 33.4 Å². The molecule has 0 bridgehead atoms. The Balaban J connectivity index is 0.992. The van der Waals surface area contributed by atoms with Crippen molar-refractivity contribution in [2.75, 3.05) is 4.90 Å². The van der Waals surface area contributed by atoms with Crippen molar-refractivity contribution in [3.05, 3.63) is 212 Å². The molecule has 0 aliphatic rings. The standard InChI is InChI=1S/C56H35NO2/c1-2-11-38-31-43(21-20-36(38)10-1)40-15-9-14-39(30-40)37-22-25-45(26-23-37)57(46-27-29-55-51(35-46)48-17-6-8-19-53(48)58-55)52-18-7-5-16-47(52)44-24-28-54-49(33-44)50-32-41-12-3-4-13-42(41)34-56(50)59-54/h1-35H. The molecule has 2 aromatic heterocycles. The molecule has 0 aliphatic carbocycles. The summed E-state index contributed by atoms with van der Waals surface area (Å²) in [5, 5.41) is 9.27. The maximum Gasteiger partial charge on any atom is 0.136 e. The second kappa shape index (κ2) is 13.4. The summed E-state index contributed by atoms with van der Waals surface area (Å²) in [5.41, 5.74) is 13.7. The van der Waals surface area contributed by atoms with E-state index in [-0.39, 0.29) is 0 Å². The Morgan fingerprint density at radius 3 is 1.68 bits per heavy atom. The van der Waals surface area contributed by atoms with E-state index < -0.39 is 0 Å². The molecule has 3 nitrogen and oxygen atoms in total. The van der Waals surface area contributed by atoms with E-state index in [4.69, 9.17) is 8.83 Å². The lowest BCUT2D eigenvalue weighted by Gasteiger charge is -2.28. The van der Waals surface area contributed by atoms with Gasteiger partial charge in [-0.25, -0.2) is 0 Å². The largest absolute Gasteiger partial charge is 0.456 e. The van der Waals surface area contributed by atoms with Gasteiger partial charge >= 0.3 is 0 Å². The van der Waals surface area contributed by atoms with Gasteiger partial charge in [0.25, 0.3) is 0 Å². The van der Waals surface area contributed by atoms with Crippen LogP contribution in [0.5, 0.6) is 0 Å². The quantitative estimate of drug-likeness (QED) is 0.169. The van der Waals surface area contributed by atoms with Gasteiger partial charge in [-0.1, -0.05) is 133 Å². The van der Waals surface area contributed by atoms with Crippen LogP contribution < -0.4 is 4.90 Å². The Kier molecular flexibility index (Phi) is 7.54. The first-order valence-electron chi connectivity index (χ1n) is 20.1. The first kappa shape index (κ1) is 33.3. The smallest absolute Gasteiger partial charge is 0.136 e. The average molecular weight is 754 g/mol. The van der Waals surface area contributed by atoms with Crippen LogP contribution in [0.15, 0.2) is 221 Å². The molecule has 12 aromatic rings. The third kappa shape index (κ3) is 5.67. The fourth-order valence-corrected chi connectivity index (χ4v) is 8.87. The number of benzene rings is 10. The van der Waals surface area contributed by atoms with E-state index in [9.17, 15) is 0 Å². The Labute approximate surface area is 340 Å². The molecule has 0 amide bonds. The number of para-hydroxylation sites is 2. The number of hydrogen-bond donors (Lipinski definition) is 0. The first-order chi connectivity index (χ1) is 29.2. The van der Waals surface area contributed by atoms with Crippen LogP contribution in [-0.2, 0) is 0 Å². The lowest BCUT2D eigenvalue weighted by molar-refractivity contribution is 0.669. The van der Waals surface area contributed by atoms with Crippen molar-refractivity contribution >= 4 is 82.5 Å². The van der Waals surface area contributed by atoms with Crippen LogP contribution in [0, 0.1) is 0 Å². The molecule has 0 N–H and O–H groups in total. The van der Waals surface area contributed by atoms with E-state index in [0.717, 1.165) is 77.6 Å². The molecular weight excluding hydrogens is 719 g/mol. The molecule has 0 atom stereocenters. The van der Waals surface area contributed by atoms with Crippen molar-refractivity contribution in [2.24, 2.45) is 0 Å². The topological polar surface area (TPSA) is 29.5 Å². The molecule has 12 rings (SSSR count). The maximum atomic E-state index is 6.41. The van der Waals surface area contributed by atoms with Gasteiger partial charge in [-0.3, -0.25) is 0 Å². The lowest BCUT2D eigenvalue weighted by Crippen LogP contribution is -2.11. The van der Waals surface area contributed by atoms with Gasteiger partial charge < -0.3 is 13.7 Å². The second-order valence-electron chi connectivity index (χ2n) is 15.3. The van der Waals surface area contributed by atoms with Crippen LogP contribution in [0.2, 0.25) is 0 Å². The minimum atomic E-state index is 0.870. The van der Waals surface area contributed by atoms with E-state index in [0.29, 0.717) is 0 Å². The van der Waals surface area contributed by atoms with Crippen LogP contribution in [0.3, 0.4) is 0 Å². The zero-order chi connectivity index (χ0) is 38.9. The van der Waals surface area contributed by atoms with Crippen molar-refractivity contribution in [2.45, 2.75) is 0 Å². The van der Waals surface area contributed by atoms with E-state index in [2.05, 4.69) is 205 Å². The highest BCUT2D eigenvalue weighted by atomic mass is 16.3. The summed E-state index contributed by atoms with van der Waals surface area (Å²) in [6, 6.07) is 76.0. The molecule has 2 heterocycles. The van der Waals surface area contributed by atoms with E-state index >= 15 is 0 Å². The fourth-order valence-electron chi connectivity index (χ4n) is 8.87. The number of hydrogen-bond acceptors (Lipinski definition) is 3. The van der Waals surface area contributed by atoms with Crippen LogP contribution in [0.25, 0.3) is 98.8 Å². The Hall–Kier alpha value is -7.88. The fraction of sp³-hybridized carbons (Fsp3) is 0. The Bertz CT molecular complexity index is 3570. The highest BCUT2D eigenvalue weighted by Gasteiger charge is 2.20. The van der Waals surface area contributed by atoms with Crippen molar-refractivity contribution < 1.29 is 8.83 Å². The minimum Gasteiger partial charge on any atom is -0.456 e. The Morgan fingerprint density at radius 1 is 0.271 bits per heavy atom. The molecule has 0 radical (unpaired) electrons. The van der Waals surface area contributed by atoms with Gasteiger partial charge in [0.2, 0.25) is 0 Å². The van der Waals surface area contributed by atoms with Crippen molar-refractivity contribution in [1.29, 1.82) is 0 Å². The summed E-state index contributed by atoms with van der Waals surface area (Å²) in [7, 11) is 0. The van der Waals surface area contributed by atoms with E-state index in [1.165, 1.54) is 38.2 Å². The first-order valence-corrected chi connectivity index (χ1v) is 20.1. The molecule has 0 fully saturated rings. The van der Waals surface area contributed by atoms with Crippen LogP contribution in [-0.4, -0.2) is 0 Å². The number of nitrogens with zero attached hydrogens (tertiary/aromatic N) is 1. The van der Waals surface area contributed by atoms with Crippen LogP contribution in [0.1, 0.15) is 0 Å². The van der Waals surface area contributed by atoms with Gasteiger partial charge in [0.1, 0.15) is 22.3 Å². The summed E-state index contributed by atoms with van der Waals surface area (Å²) in [6.07, 6.45) is 0. The van der Waals surface area contributed by atoms with Crippen molar-refractivity contribution in [1.82, 2.24) is 0 Å². The molecule has 0 saturated heterocycles. The second-order valence-corrected chi connectivity index (χ2v) is 15.3. The van der Waals surface area contributed by atoms with E-state index in [1.807, 2.05) is 12.1 Å². The highest BCUT2D eigenvalue weighted by molar-refractivity contribution is 6.12. The summed E-state index contributed by atoms with van der Waals surface area (Å²) >= 11 is 0. The zero-order valence-electron chi connectivity index (χ0n) is 32.0. The molecule has 10 aromatic carbocycles. The molecule has 276 valence electrons. The summed E-state index contributed by atoms with van der Waals surface area (Å²) in [4.78, 5) is 2.37. The van der Waals surface area contributed by atoms with E-state index in [1.54, 1.807) is 0 Å². The monoisotopic (exact) mass is 753 g/mol. The number of fused-ring (bicyclic) bond motifs is 8. The van der Waals surface area contributed by atoms with Crippen molar-refractivity contribution in [3.63, 3.8) is 0 Å². The van der Waals surface area contributed by atoms with Crippen LogP contribution >= 0.6 is 0 Å². The third-order valence-corrected chi connectivity index (χ3v) is 11.8. The number of anilines is 3. The third-order valence-electron chi connectivity index (χ3n) is 11.8. The molecule has 0 spiro atoms. The van der Waals surface area contributed by atoms with Gasteiger partial charge in [-0.2, -0.15) is 0 Å². The summed E-state index contributed by atoms with van der Waals surface area (Å²) in [5.74, 6) is 0. The van der Waals surface area contributed by atoms with Crippen LogP contribution in [0.4, 0.5) is 17.1 Å². The molecule has 3 heteroatoms. The number of furan rings is 2. The molecule has 59 heavy (non-hydrogen) atoms. The summed E-state index contributed by atoms with van der Waals surface area (Å²) in [6.45, 7) is 0. The molecule has 0 aliphatic heterocycles. The predicted octanol–water partition coefficient (Wildman–Crippen LogP) is 16.3. The molecule has 0 saturated carbocycles. The minimum absolute atomic E-state index is 0.870.